The highest BCUT2D eigenvalue weighted by Gasteiger charge is 2.20. The van der Waals surface area contributed by atoms with E-state index in [1.54, 1.807) is 12.0 Å². The van der Waals surface area contributed by atoms with Crippen molar-refractivity contribution in [3.8, 4) is 5.75 Å². The standard InChI is InChI=1S/C18H28N4O2S/c1-23-17-4-2-3-16(15-17)21-7-9-22(10-8-21)18(25)19-5-6-20-11-13-24-14-12-20/h2-4,15H,5-14H2,1H3,(H,19,25)/p+1. The monoisotopic (exact) mass is 365 g/mol. The van der Waals surface area contributed by atoms with Crippen LogP contribution in [0.2, 0.25) is 0 Å². The lowest BCUT2D eigenvalue weighted by molar-refractivity contribution is -0.906. The molecule has 3 rings (SSSR count). The van der Waals surface area contributed by atoms with E-state index in [-0.39, 0.29) is 0 Å². The Morgan fingerprint density at radius 2 is 2.00 bits per heavy atom. The molecule has 0 atom stereocenters. The van der Waals surface area contributed by atoms with Crippen LogP contribution >= 0.6 is 12.2 Å². The number of hydrogen-bond donors (Lipinski definition) is 2. The Morgan fingerprint density at radius 3 is 2.72 bits per heavy atom. The maximum atomic E-state index is 5.58. The van der Waals surface area contributed by atoms with Crippen LogP contribution in [0.4, 0.5) is 5.69 Å². The second-order valence-electron chi connectivity index (χ2n) is 6.52. The van der Waals surface area contributed by atoms with Crippen LogP contribution in [-0.2, 0) is 4.74 Å². The number of methoxy groups -OCH3 is 1. The number of ether oxygens (including phenoxy) is 2. The highest BCUT2D eigenvalue weighted by Crippen LogP contribution is 2.22. The van der Waals surface area contributed by atoms with Crippen LogP contribution in [0.15, 0.2) is 24.3 Å². The molecule has 0 bridgehead atoms. The number of morpholine rings is 1. The minimum Gasteiger partial charge on any atom is -0.497 e. The van der Waals surface area contributed by atoms with Crippen LogP contribution in [0.3, 0.4) is 0 Å². The summed E-state index contributed by atoms with van der Waals surface area (Å²) in [5.74, 6) is 0.905. The molecule has 2 heterocycles. The van der Waals surface area contributed by atoms with E-state index in [1.807, 2.05) is 12.1 Å². The van der Waals surface area contributed by atoms with Gasteiger partial charge < -0.3 is 29.5 Å². The zero-order valence-corrected chi connectivity index (χ0v) is 15.8. The van der Waals surface area contributed by atoms with E-state index >= 15 is 0 Å². The number of nitrogens with zero attached hydrogens (tertiary/aromatic N) is 2. The predicted molar refractivity (Wildman–Crippen MR) is 104 cm³/mol. The first-order valence-electron chi connectivity index (χ1n) is 9.09. The summed E-state index contributed by atoms with van der Waals surface area (Å²) in [7, 11) is 1.71. The normalized spacial score (nSPS) is 18.9. The number of nitrogens with one attached hydrogen (secondary N) is 2. The first-order valence-corrected chi connectivity index (χ1v) is 9.50. The lowest BCUT2D eigenvalue weighted by Crippen LogP contribution is -3.14. The van der Waals surface area contributed by atoms with E-state index < -0.39 is 0 Å². The topological polar surface area (TPSA) is 41.4 Å². The van der Waals surface area contributed by atoms with Gasteiger partial charge in [0, 0.05) is 37.9 Å². The SMILES string of the molecule is COc1cccc(N2CCN(C(=S)NCC[NH+]3CCOCC3)CC2)c1. The Balaban J connectivity index is 1.39. The van der Waals surface area contributed by atoms with E-state index in [4.69, 9.17) is 21.7 Å². The summed E-state index contributed by atoms with van der Waals surface area (Å²) in [6, 6.07) is 8.26. The van der Waals surface area contributed by atoms with E-state index in [1.165, 1.54) is 5.69 Å². The molecule has 138 valence electrons. The third-order valence-electron chi connectivity index (χ3n) is 4.94. The summed E-state index contributed by atoms with van der Waals surface area (Å²) in [5, 5.41) is 4.32. The van der Waals surface area contributed by atoms with Gasteiger partial charge in [-0.3, -0.25) is 0 Å². The summed E-state index contributed by atoms with van der Waals surface area (Å²) in [5.41, 5.74) is 1.22. The van der Waals surface area contributed by atoms with Crippen LogP contribution in [0.1, 0.15) is 0 Å². The highest BCUT2D eigenvalue weighted by molar-refractivity contribution is 7.80. The number of piperazine rings is 1. The van der Waals surface area contributed by atoms with Gasteiger partial charge in [-0.1, -0.05) is 6.07 Å². The van der Waals surface area contributed by atoms with Crippen LogP contribution < -0.4 is 19.9 Å². The van der Waals surface area contributed by atoms with Gasteiger partial charge in [0.25, 0.3) is 0 Å². The number of thiocarbonyl (C=S) groups is 1. The maximum absolute atomic E-state index is 5.58. The summed E-state index contributed by atoms with van der Waals surface area (Å²) < 4.78 is 10.7. The summed E-state index contributed by atoms with van der Waals surface area (Å²) in [4.78, 5) is 6.27. The van der Waals surface area contributed by atoms with Gasteiger partial charge >= 0.3 is 0 Å². The number of quaternary nitrogens is 1. The van der Waals surface area contributed by atoms with Gasteiger partial charge in [-0.05, 0) is 24.4 Å². The molecule has 0 aliphatic carbocycles. The van der Waals surface area contributed by atoms with Gasteiger partial charge in [0.15, 0.2) is 5.11 Å². The maximum Gasteiger partial charge on any atom is 0.169 e. The van der Waals surface area contributed by atoms with Crippen molar-refractivity contribution >= 4 is 23.0 Å². The van der Waals surface area contributed by atoms with Crippen molar-refractivity contribution in [3.05, 3.63) is 24.3 Å². The molecule has 2 aliphatic rings. The van der Waals surface area contributed by atoms with Crippen LogP contribution in [0, 0.1) is 0 Å². The number of hydrogen-bond acceptors (Lipinski definition) is 4. The Hall–Kier alpha value is -1.57. The molecule has 6 nitrogen and oxygen atoms in total. The van der Waals surface area contributed by atoms with Crippen molar-refractivity contribution in [1.29, 1.82) is 0 Å². The Labute approximate surface area is 155 Å². The van der Waals surface area contributed by atoms with Gasteiger partial charge in [0.2, 0.25) is 0 Å². The van der Waals surface area contributed by atoms with Gasteiger partial charge in [0.05, 0.1) is 33.4 Å². The number of rotatable bonds is 5. The summed E-state index contributed by atoms with van der Waals surface area (Å²) in [6.07, 6.45) is 0. The predicted octanol–water partition coefficient (Wildman–Crippen LogP) is -0.393. The first kappa shape index (κ1) is 18.2. The van der Waals surface area contributed by atoms with Crippen molar-refractivity contribution in [2.45, 2.75) is 0 Å². The molecule has 2 aliphatic heterocycles. The molecule has 2 fully saturated rings. The molecular formula is C18H29N4O2S+. The fourth-order valence-corrected chi connectivity index (χ4v) is 3.63. The largest absolute Gasteiger partial charge is 0.497 e. The molecule has 1 aromatic carbocycles. The van der Waals surface area contributed by atoms with Crippen molar-refractivity contribution < 1.29 is 14.4 Å². The molecule has 0 saturated carbocycles. The average molecular weight is 366 g/mol. The second kappa shape index (κ2) is 9.22. The lowest BCUT2D eigenvalue weighted by Gasteiger charge is -2.37. The highest BCUT2D eigenvalue weighted by atomic mass is 32.1. The van der Waals surface area contributed by atoms with Crippen molar-refractivity contribution in [2.75, 3.05) is 77.6 Å². The second-order valence-corrected chi connectivity index (χ2v) is 6.91. The molecule has 0 spiro atoms. The lowest BCUT2D eigenvalue weighted by atomic mass is 10.2. The van der Waals surface area contributed by atoms with Crippen LogP contribution in [-0.4, -0.2) is 82.7 Å². The average Bonchev–Trinajstić information content (AvgIpc) is 2.69. The van der Waals surface area contributed by atoms with Crippen molar-refractivity contribution in [1.82, 2.24) is 10.2 Å². The quantitative estimate of drug-likeness (QED) is 0.693. The van der Waals surface area contributed by atoms with Crippen molar-refractivity contribution in [3.63, 3.8) is 0 Å². The van der Waals surface area contributed by atoms with E-state index in [0.717, 1.165) is 76.4 Å². The smallest absolute Gasteiger partial charge is 0.169 e. The Bertz CT molecular complexity index is 558. The summed E-state index contributed by atoms with van der Waals surface area (Å²) >= 11 is 5.58. The molecule has 1 aromatic rings. The van der Waals surface area contributed by atoms with E-state index in [9.17, 15) is 0 Å². The molecule has 0 radical (unpaired) electrons. The third-order valence-corrected chi connectivity index (χ3v) is 5.34. The number of benzene rings is 1. The number of anilines is 1. The van der Waals surface area contributed by atoms with Crippen LogP contribution in [0.5, 0.6) is 5.75 Å². The van der Waals surface area contributed by atoms with Crippen molar-refractivity contribution in [2.24, 2.45) is 0 Å². The van der Waals surface area contributed by atoms with Gasteiger partial charge in [0.1, 0.15) is 18.8 Å². The zero-order valence-electron chi connectivity index (χ0n) is 15.0. The molecule has 7 heteroatoms. The zero-order chi connectivity index (χ0) is 17.5. The minimum atomic E-state index is 0.881. The summed E-state index contributed by atoms with van der Waals surface area (Å²) in [6.45, 7) is 9.87. The molecule has 25 heavy (non-hydrogen) atoms. The fraction of sp³-hybridized carbons (Fsp3) is 0.611. The Kier molecular flexibility index (Phi) is 6.72. The molecular weight excluding hydrogens is 336 g/mol. The van der Waals surface area contributed by atoms with E-state index in [0.29, 0.717) is 0 Å². The van der Waals surface area contributed by atoms with E-state index in [2.05, 4.69) is 27.2 Å². The molecule has 2 saturated heterocycles. The van der Waals surface area contributed by atoms with Gasteiger partial charge in [-0.15, -0.1) is 0 Å². The molecule has 0 amide bonds. The van der Waals surface area contributed by atoms with Gasteiger partial charge in [-0.2, -0.15) is 0 Å². The molecule has 2 N–H and O–H groups in total. The fourth-order valence-electron chi connectivity index (χ4n) is 3.34. The molecule has 0 unspecified atom stereocenters. The van der Waals surface area contributed by atoms with Gasteiger partial charge in [-0.25, -0.2) is 0 Å². The third kappa shape index (κ3) is 5.20. The Morgan fingerprint density at radius 1 is 1.24 bits per heavy atom. The van der Waals surface area contributed by atoms with Crippen LogP contribution in [0.25, 0.3) is 0 Å². The minimum absolute atomic E-state index is 0.881. The first-order chi connectivity index (χ1) is 12.3. The molecule has 0 aromatic heterocycles.